The molecule has 0 aliphatic rings. The molecule has 1 heteroatoms. The summed E-state index contributed by atoms with van der Waals surface area (Å²) in [7, 11) is 0. The van der Waals surface area contributed by atoms with Crippen molar-refractivity contribution < 1.29 is 0 Å². The Morgan fingerprint density at radius 1 is 0.750 bits per heavy atom. The molecule has 0 bridgehead atoms. The molecule has 2 aromatic carbocycles. The SMILES string of the molecule is CCC(C)(CCCC(C)C)c1ccc(-c2ccc(C(C)(C)CCCC(C)C)cc2)c(Br)c1. The Kier molecular flexibility index (Phi) is 10.1. The minimum atomic E-state index is 0.230. The smallest absolute Gasteiger partial charge is 0.0256 e. The second kappa shape index (κ2) is 11.9. The van der Waals surface area contributed by atoms with Crippen LogP contribution in [0, 0.1) is 11.8 Å². The quantitative estimate of drug-likeness (QED) is 0.272. The summed E-state index contributed by atoms with van der Waals surface area (Å²) in [6.07, 6.45) is 8.91. The Morgan fingerprint density at radius 3 is 1.78 bits per heavy atom. The zero-order chi connectivity index (χ0) is 23.9. The van der Waals surface area contributed by atoms with Crippen molar-refractivity contribution in [3.63, 3.8) is 0 Å². The predicted molar refractivity (Wildman–Crippen MR) is 148 cm³/mol. The van der Waals surface area contributed by atoms with Gasteiger partial charge in [-0.15, -0.1) is 0 Å². The first-order valence-electron chi connectivity index (χ1n) is 12.9. The van der Waals surface area contributed by atoms with Gasteiger partial charge in [-0.3, -0.25) is 0 Å². The molecule has 0 fully saturated rings. The van der Waals surface area contributed by atoms with Gasteiger partial charge in [-0.05, 0) is 70.2 Å². The van der Waals surface area contributed by atoms with Gasteiger partial charge < -0.3 is 0 Å². The number of halogens is 1. The third-order valence-corrected chi connectivity index (χ3v) is 8.17. The average molecular weight is 500 g/mol. The Balaban J connectivity index is 2.17. The molecule has 0 heterocycles. The minimum absolute atomic E-state index is 0.230. The van der Waals surface area contributed by atoms with Crippen molar-refractivity contribution in [2.45, 2.75) is 111 Å². The summed E-state index contributed by atoms with van der Waals surface area (Å²) in [6.45, 7) is 18.8. The van der Waals surface area contributed by atoms with Crippen LogP contribution in [-0.4, -0.2) is 0 Å². The van der Waals surface area contributed by atoms with Crippen LogP contribution < -0.4 is 0 Å². The molecule has 2 rings (SSSR count). The maximum atomic E-state index is 3.90. The van der Waals surface area contributed by atoms with E-state index in [4.69, 9.17) is 0 Å². The fourth-order valence-corrected chi connectivity index (χ4v) is 5.36. The summed E-state index contributed by atoms with van der Waals surface area (Å²) < 4.78 is 1.21. The third-order valence-electron chi connectivity index (χ3n) is 7.52. The van der Waals surface area contributed by atoms with E-state index >= 15 is 0 Å². The number of hydrogen-bond donors (Lipinski definition) is 0. The van der Waals surface area contributed by atoms with Gasteiger partial charge in [0.15, 0.2) is 0 Å². The molecule has 178 valence electrons. The third kappa shape index (κ3) is 7.47. The number of hydrogen-bond acceptors (Lipinski definition) is 0. The molecule has 0 radical (unpaired) electrons. The highest BCUT2D eigenvalue weighted by Gasteiger charge is 2.25. The lowest BCUT2D eigenvalue weighted by Gasteiger charge is -2.30. The Labute approximate surface area is 207 Å². The van der Waals surface area contributed by atoms with Crippen LogP contribution in [0.4, 0.5) is 0 Å². The first-order chi connectivity index (χ1) is 15.0. The van der Waals surface area contributed by atoms with E-state index in [0.29, 0.717) is 0 Å². The molecular formula is C31H47Br. The van der Waals surface area contributed by atoms with Crippen molar-refractivity contribution in [3.8, 4) is 11.1 Å². The summed E-state index contributed by atoms with van der Waals surface area (Å²) in [5, 5.41) is 0. The summed E-state index contributed by atoms with van der Waals surface area (Å²) in [4.78, 5) is 0. The fourth-order valence-electron chi connectivity index (χ4n) is 4.75. The van der Waals surface area contributed by atoms with Crippen LogP contribution in [0.15, 0.2) is 46.9 Å². The van der Waals surface area contributed by atoms with Crippen LogP contribution in [0.5, 0.6) is 0 Å². The highest BCUT2D eigenvalue weighted by molar-refractivity contribution is 9.10. The molecule has 0 spiro atoms. The van der Waals surface area contributed by atoms with Crippen molar-refractivity contribution in [2.75, 3.05) is 0 Å². The zero-order valence-corrected chi connectivity index (χ0v) is 23.6. The summed E-state index contributed by atoms with van der Waals surface area (Å²) in [5.74, 6) is 1.58. The molecule has 0 saturated heterocycles. The van der Waals surface area contributed by atoms with E-state index in [2.05, 4.69) is 114 Å². The minimum Gasteiger partial charge on any atom is -0.0645 e. The van der Waals surface area contributed by atoms with Crippen molar-refractivity contribution in [1.29, 1.82) is 0 Å². The van der Waals surface area contributed by atoms with Crippen LogP contribution in [0.1, 0.15) is 111 Å². The lowest BCUT2D eigenvalue weighted by molar-refractivity contribution is 0.382. The van der Waals surface area contributed by atoms with Gasteiger partial charge in [0.05, 0.1) is 0 Å². The Bertz CT molecular complexity index is 828. The molecule has 0 amide bonds. The monoisotopic (exact) mass is 498 g/mol. The van der Waals surface area contributed by atoms with Gasteiger partial charge in [0.1, 0.15) is 0 Å². The molecule has 1 unspecified atom stereocenters. The van der Waals surface area contributed by atoms with Crippen molar-refractivity contribution in [3.05, 3.63) is 58.1 Å². The second-order valence-corrected chi connectivity index (χ2v) is 12.5. The van der Waals surface area contributed by atoms with Gasteiger partial charge in [0.25, 0.3) is 0 Å². The van der Waals surface area contributed by atoms with Gasteiger partial charge in [-0.1, -0.05) is 133 Å². The zero-order valence-electron chi connectivity index (χ0n) is 22.0. The number of benzene rings is 2. The van der Waals surface area contributed by atoms with Crippen LogP contribution in [-0.2, 0) is 10.8 Å². The first-order valence-corrected chi connectivity index (χ1v) is 13.7. The van der Waals surface area contributed by atoms with Gasteiger partial charge in [-0.25, -0.2) is 0 Å². The van der Waals surface area contributed by atoms with Crippen molar-refractivity contribution in [1.82, 2.24) is 0 Å². The van der Waals surface area contributed by atoms with Gasteiger partial charge in [0, 0.05) is 4.47 Å². The van der Waals surface area contributed by atoms with E-state index in [-0.39, 0.29) is 10.8 Å². The lowest BCUT2D eigenvalue weighted by Crippen LogP contribution is -2.21. The van der Waals surface area contributed by atoms with E-state index in [1.54, 1.807) is 0 Å². The van der Waals surface area contributed by atoms with Gasteiger partial charge in [-0.2, -0.15) is 0 Å². The van der Waals surface area contributed by atoms with Crippen molar-refractivity contribution >= 4 is 15.9 Å². The first kappa shape index (κ1) is 27.2. The molecular weight excluding hydrogens is 452 g/mol. The van der Waals surface area contributed by atoms with Crippen LogP contribution >= 0.6 is 15.9 Å². The van der Waals surface area contributed by atoms with Crippen LogP contribution in [0.25, 0.3) is 11.1 Å². The summed E-state index contributed by atoms with van der Waals surface area (Å²) in [5.41, 5.74) is 5.97. The molecule has 2 aromatic rings. The van der Waals surface area contributed by atoms with Crippen LogP contribution in [0.3, 0.4) is 0 Å². The molecule has 0 saturated carbocycles. The van der Waals surface area contributed by atoms with Crippen LogP contribution in [0.2, 0.25) is 0 Å². The second-order valence-electron chi connectivity index (χ2n) is 11.6. The van der Waals surface area contributed by atoms with E-state index in [1.807, 2.05) is 0 Å². The topological polar surface area (TPSA) is 0 Å². The fraction of sp³-hybridized carbons (Fsp3) is 0.613. The molecule has 0 nitrogen and oxygen atoms in total. The molecule has 32 heavy (non-hydrogen) atoms. The van der Waals surface area contributed by atoms with E-state index < -0.39 is 0 Å². The summed E-state index contributed by atoms with van der Waals surface area (Å²) >= 11 is 3.90. The predicted octanol–water partition coefficient (Wildman–Crippen LogP) is 10.7. The molecule has 0 aliphatic heterocycles. The largest absolute Gasteiger partial charge is 0.0645 e. The molecule has 1 atom stereocenters. The highest BCUT2D eigenvalue weighted by atomic mass is 79.9. The highest BCUT2D eigenvalue weighted by Crippen LogP contribution is 2.39. The van der Waals surface area contributed by atoms with E-state index in [1.165, 1.54) is 71.7 Å². The van der Waals surface area contributed by atoms with E-state index in [0.717, 1.165) is 11.8 Å². The standard InChI is InChI=1S/C31H47Br/c1-9-31(8,21-11-13-24(4)5)27-18-19-28(29(32)22-27)25-14-16-26(17-15-25)30(6,7)20-10-12-23(2)3/h14-19,22-24H,9-13,20-21H2,1-8H3. The molecule has 0 N–H and O–H groups in total. The Hall–Kier alpha value is -1.08. The lowest BCUT2D eigenvalue weighted by atomic mass is 9.75. The van der Waals surface area contributed by atoms with Gasteiger partial charge in [0.2, 0.25) is 0 Å². The number of rotatable bonds is 12. The van der Waals surface area contributed by atoms with E-state index in [9.17, 15) is 0 Å². The maximum absolute atomic E-state index is 3.90. The maximum Gasteiger partial charge on any atom is 0.0256 e. The summed E-state index contributed by atoms with van der Waals surface area (Å²) in [6, 6.07) is 16.3. The molecule has 0 aromatic heterocycles. The normalized spacial score (nSPS) is 14.2. The molecule has 0 aliphatic carbocycles. The Morgan fingerprint density at radius 2 is 1.28 bits per heavy atom. The average Bonchev–Trinajstić information content (AvgIpc) is 2.73. The van der Waals surface area contributed by atoms with Crippen molar-refractivity contribution in [2.24, 2.45) is 11.8 Å². The van der Waals surface area contributed by atoms with Gasteiger partial charge >= 0.3 is 0 Å².